The van der Waals surface area contributed by atoms with Gasteiger partial charge in [0.25, 0.3) is 0 Å². The summed E-state index contributed by atoms with van der Waals surface area (Å²) in [6.45, 7) is 0.316. The van der Waals surface area contributed by atoms with Gasteiger partial charge in [0.1, 0.15) is 5.69 Å². The van der Waals surface area contributed by atoms with Crippen molar-refractivity contribution in [2.24, 2.45) is 5.92 Å². The van der Waals surface area contributed by atoms with E-state index in [1.165, 1.54) is 23.3 Å². The standard InChI is InChI=1S/C13H12N2O4S/c1-18-12(17)8-5-11(16)15(6-8)13-14-9(7-20-13)10-3-2-4-19-10/h2-4,7-8H,5-6H2,1H3. The summed E-state index contributed by atoms with van der Waals surface area (Å²) in [5.74, 6) is -0.225. The third kappa shape index (κ3) is 2.20. The Labute approximate surface area is 119 Å². The Hall–Kier alpha value is -2.15. The van der Waals surface area contributed by atoms with Crippen LogP contribution in [0.2, 0.25) is 0 Å². The summed E-state index contributed by atoms with van der Waals surface area (Å²) in [4.78, 5) is 29.4. The van der Waals surface area contributed by atoms with Crippen LogP contribution < -0.4 is 4.90 Å². The normalized spacial score (nSPS) is 18.6. The van der Waals surface area contributed by atoms with Gasteiger partial charge in [0.05, 0.1) is 19.3 Å². The Balaban J connectivity index is 1.80. The lowest BCUT2D eigenvalue weighted by Gasteiger charge is -2.11. The van der Waals surface area contributed by atoms with Crippen LogP contribution in [0.5, 0.6) is 0 Å². The van der Waals surface area contributed by atoms with Crippen LogP contribution in [0.25, 0.3) is 11.5 Å². The lowest BCUT2D eigenvalue weighted by atomic mass is 10.1. The van der Waals surface area contributed by atoms with Gasteiger partial charge in [-0.05, 0) is 12.1 Å². The zero-order valence-corrected chi connectivity index (χ0v) is 11.6. The Kier molecular flexibility index (Phi) is 3.27. The van der Waals surface area contributed by atoms with Gasteiger partial charge in [0.15, 0.2) is 10.9 Å². The molecule has 0 aromatic carbocycles. The number of anilines is 1. The van der Waals surface area contributed by atoms with Crippen LogP contribution in [0.4, 0.5) is 5.13 Å². The first-order valence-electron chi connectivity index (χ1n) is 6.06. The number of carbonyl (C=O) groups excluding carboxylic acids is 2. The molecule has 0 aliphatic carbocycles. The highest BCUT2D eigenvalue weighted by atomic mass is 32.1. The summed E-state index contributed by atoms with van der Waals surface area (Å²) >= 11 is 1.35. The third-order valence-corrected chi connectivity index (χ3v) is 4.02. The molecule has 1 aliphatic rings. The van der Waals surface area contributed by atoms with Crippen LogP contribution in [-0.2, 0) is 14.3 Å². The quantitative estimate of drug-likeness (QED) is 0.808. The van der Waals surface area contributed by atoms with E-state index < -0.39 is 5.92 Å². The second-order valence-electron chi connectivity index (χ2n) is 4.42. The van der Waals surface area contributed by atoms with Crippen molar-refractivity contribution in [2.75, 3.05) is 18.6 Å². The highest BCUT2D eigenvalue weighted by Crippen LogP contribution is 2.31. The number of amides is 1. The monoisotopic (exact) mass is 292 g/mol. The van der Waals surface area contributed by atoms with Gasteiger partial charge >= 0.3 is 5.97 Å². The molecule has 6 nitrogen and oxygen atoms in total. The minimum absolute atomic E-state index is 0.110. The molecule has 2 aromatic rings. The molecule has 1 amide bonds. The number of hydrogen-bond donors (Lipinski definition) is 0. The van der Waals surface area contributed by atoms with Gasteiger partial charge in [0, 0.05) is 18.3 Å². The number of carbonyl (C=O) groups is 2. The zero-order chi connectivity index (χ0) is 14.1. The van der Waals surface area contributed by atoms with Crippen molar-refractivity contribution < 1.29 is 18.7 Å². The summed E-state index contributed by atoms with van der Waals surface area (Å²) in [7, 11) is 1.33. The van der Waals surface area contributed by atoms with Gasteiger partial charge in [-0.25, -0.2) is 4.98 Å². The highest BCUT2D eigenvalue weighted by Gasteiger charge is 2.37. The predicted octanol–water partition coefficient (Wildman–Crippen LogP) is 1.93. The SMILES string of the molecule is COC(=O)C1CC(=O)N(c2nc(-c3ccco3)cs2)C1. The Morgan fingerprint density at radius 3 is 3.15 bits per heavy atom. The maximum atomic E-state index is 12.0. The minimum Gasteiger partial charge on any atom is -0.469 e. The Morgan fingerprint density at radius 1 is 1.60 bits per heavy atom. The first kappa shape index (κ1) is 12.9. The minimum atomic E-state index is -0.413. The Morgan fingerprint density at radius 2 is 2.45 bits per heavy atom. The maximum Gasteiger partial charge on any atom is 0.311 e. The zero-order valence-electron chi connectivity index (χ0n) is 10.7. The number of thiazole rings is 1. The molecule has 3 heterocycles. The molecular weight excluding hydrogens is 280 g/mol. The highest BCUT2D eigenvalue weighted by molar-refractivity contribution is 7.14. The maximum absolute atomic E-state index is 12.0. The summed E-state index contributed by atoms with van der Waals surface area (Å²) < 4.78 is 9.95. The summed E-state index contributed by atoms with van der Waals surface area (Å²) in [5.41, 5.74) is 0.685. The van der Waals surface area contributed by atoms with Crippen LogP contribution in [0, 0.1) is 5.92 Å². The number of methoxy groups -OCH3 is 1. The molecule has 0 spiro atoms. The van der Waals surface area contributed by atoms with Crippen molar-refractivity contribution in [3.8, 4) is 11.5 Å². The average Bonchev–Trinajstić information content (AvgIpc) is 3.16. The summed E-state index contributed by atoms with van der Waals surface area (Å²) in [5, 5.41) is 2.40. The van der Waals surface area contributed by atoms with Crippen molar-refractivity contribution in [3.63, 3.8) is 0 Å². The molecule has 0 radical (unpaired) electrons. The molecule has 3 rings (SSSR count). The lowest BCUT2D eigenvalue weighted by molar-refractivity contribution is -0.145. The second kappa shape index (κ2) is 5.09. The van der Waals surface area contributed by atoms with Crippen molar-refractivity contribution in [1.29, 1.82) is 0 Å². The molecule has 1 fully saturated rings. The predicted molar refractivity (Wildman–Crippen MR) is 72.3 cm³/mol. The summed E-state index contributed by atoms with van der Waals surface area (Å²) in [6, 6.07) is 3.59. The molecule has 1 saturated heterocycles. The molecule has 1 aliphatic heterocycles. The van der Waals surface area contributed by atoms with Gasteiger partial charge in [-0.15, -0.1) is 11.3 Å². The van der Waals surface area contributed by atoms with E-state index in [0.29, 0.717) is 23.1 Å². The van der Waals surface area contributed by atoms with Gasteiger partial charge in [-0.1, -0.05) is 0 Å². The molecule has 1 unspecified atom stereocenters. The first-order valence-corrected chi connectivity index (χ1v) is 6.94. The van der Waals surface area contributed by atoms with E-state index in [9.17, 15) is 9.59 Å². The van der Waals surface area contributed by atoms with Gasteiger partial charge < -0.3 is 9.15 Å². The smallest absolute Gasteiger partial charge is 0.311 e. The number of aromatic nitrogens is 1. The van der Waals surface area contributed by atoms with Crippen LogP contribution in [0.3, 0.4) is 0 Å². The van der Waals surface area contributed by atoms with Crippen molar-refractivity contribution in [1.82, 2.24) is 4.98 Å². The van der Waals surface area contributed by atoms with E-state index in [2.05, 4.69) is 9.72 Å². The van der Waals surface area contributed by atoms with E-state index in [1.54, 1.807) is 12.3 Å². The van der Waals surface area contributed by atoms with Gasteiger partial charge in [-0.2, -0.15) is 0 Å². The fourth-order valence-corrected chi connectivity index (χ4v) is 2.98. The number of rotatable bonds is 3. The Bertz CT molecular complexity index is 635. The summed E-state index contributed by atoms with van der Waals surface area (Å²) in [6.07, 6.45) is 1.74. The molecule has 1 atom stereocenters. The molecular formula is C13H12N2O4S. The fourth-order valence-electron chi connectivity index (χ4n) is 2.14. The average molecular weight is 292 g/mol. The number of hydrogen-bond acceptors (Lipinski definition) is 6. The largest absolute Gasteiger partial charge is 0.469 e. The topological polar surface area (TPSA) is 72.6 Å². The van der Waals surface area contributed by atoms with Crippen LogP contribution in [0.15, 0.2) is 28.2 Å². The number of furan rings is 1. The lowest BCUT2D eigenvalue weighted by Crippen LogP contribution is -2.26. The van der Waals surface area contributed by atoms with Crippen LogP contribution >= 0.6 is 11.3 Å². The molecule has 2 aromatic heterocycles. The molecule has 20 heavy (non-hydrogen) atoms. The van der Waals surface area contributed by atoms with Crippen molar-refractivity contribution in [3.05, 3.63) is 23.8 Å². The van der Waals surface area contributed by atoms with Gasteiger partial charge in [0.2, 0.25) is 5.91 Å². The molecule has 0 bridgehead atoms. The van der Waals surface area contributed by atoms with E-state index in [-0.39, 0.29) is 18.3 Å². The molecule has 104 valence electrons. The molecule has 0 N–H and O–H groups in total. The van der Waals surface area contributed by atoms with Gasteiger partial charge in [-0.3, -0.25) is 14.5 Å². The second-order valence-corrected chi connectivity index (χ2v) is 5.26. The van der Waals surface area contributed by atoms with Crippen LogP contribution in [0.1, 0.15) is 6.42 Å². The van der Waals surface area contributed by atoms with E-state index in [4.69, 9.17) is 4.42 Å². The first-order chi connectivity index (χ1) is 9.69. The number of nitrogens with zero attached hydrogens (tertiary/aromatic N) is 2. The molecule has 7 heteroatoms. The van der Waals surface area contributed by atoms with Crippen molar-refractivity contribution >= 4 is 28.3 Å². The van der Waals surface area contributed by atoms with E-state index >= 15 is 0 Å². The van der Waals surface area contributed by atoms with Crippen LogP contribution in [-0.4, -0.2) is 30.5 Å². The number of ether oxygens (including phenoxy) is 1. The molecule has 0 saturated carbocycles. The third-order valence-electron chi connectivity index (χ3n) is 3.16. The number of esters is 1. The fraction of sp³-hybridized carbons (Fsp3) is 0.308. The van der Waals surface area contributed by atoms with E-state index in [0.717, 1.165) is 0 Å². The van der Waals surface area contributed by atoms with Crippen molar-refractivity contribution in [2.45, 2.75) is 6.42 Å². The van der Waals surface area contributed by atoms with E-state index in [1.807, 2.05) is 11.4 Å².